The van der Waals surface area contributed by atoms with Crippen LogP contribution in [0.15, 0.2) is 72.8 Å². The van der Waals surface area contributed by atoms with E-state index in [2.05, 4.69) is 0 Å². The van der Waals surface area contributed by atoms with E-state index < -0.39 is 29.8 Å². The summed E-state index contributed by atoms with van der Waals surface area (Å²) in [5.41, 5.74) is 3.62. The number of aryl methyl sites for hydroxylation is 1. The van der Waals surface area contributed by atoms with Crippen molar-refractivity contribution < 1.29 is 24.6 Å². The Labute approximate surface area is 202 Å². The van der Waals surface area contributed by atoms with Crippen LogP contribution in [-0.2, 0) is 11.2 Å². The van der Waals surface area contributed by atoms with Gasteiger partial charge in [0.25, 0.3) is 11.8 Å². The van der Waals surface area contributed by atoms with Crippen molar-refractivity contribution in [3.8, 4) is 11.1 Å². The molecule has 2 N–H and O–H groups in total. The SMILES string of the molecule is O=C(O)C(CCN1C(=O)c2ccccc2C1=O)C(O)CCc1ccc(-c2cccc(Cl)c2)cc1. The van der Waals surface area contributed by atoms with Crippen molar-refractivity contribution in [3.63, 3.8) is 0 Å². The minimum atomic E-state index is -1.15. The molecule has 6 nitrogen and oxygen atoms in total. The summed E-state index contributed by atoms with van der Waals surface area (Å²) in [4.78, 5) is 37.9. The van der Waals surface area contributed by atoms with Gasteiger partial charge in [0.1, 0.15) is 0 Å². The molecule has 7 heteroatoms. The van der Waals surface area contributed by atoms with Crippen LogP contribution in [0.25, 0.3) is 11.1 Å². The number of carbonyl (C=O) groups is 3. The Kier molecular flexibility index (Phi) is 7.10. The van der Waals surface area contributed by atoms with Gasteiger partial charge in [-0.15, -0.1) is 0 Å². The Bertz CT molecular complexity index is 1190. The Hall–Kier alpha value is -3.48. The Morgan fingerprint density at radius 1 is 0.853 bits per heavy atom. The number of carboxylic acid groups (broad SMARTS) is 1. The fourth-order valence-corrected chi connectivity index (χ4v) is 4.43. The number of benzene rings is 3. The van der Waals surface area contributed by atoms with Gasteiger partial charge in [0, 0.05) is 11.6 Å². The number of halogens is 1. The third kappa shape index (κ3) is 5.03. The van der Waals surface area contributed by atoms with Gasteiger partial charge in [0.2, 0.25) is 0 Å². The summed E-state index contributed by atoms with van der Waals surface area (Å²) in [5, 5.41) is 20.9. The number of fused-ring (bicyclic) bond motifs is 1. The fourth-order valence-electron chi connectivity index (χ4n) is 4.24. The molecule has 2 amide bonds. The van der Waals surface area contributed by atoms with E-state index in [0.717, 1.165) is 21.6 Å². The molecule has 3 aromatic carbocycles. The smallest absolute Gasteiger partial charge is 0.309 e. The summed E-state index contributed by atoms with van der Waals surface area (Å²) < 4.78 is 0. The maximum absolute atomic E-state index is 12.5. The van der Waals surface area contributed by atoms with Gasteiger partial charge in [-0.1, -0.05) is 60.1 Å². The number of hydrogen-bond donors (Lipinski definition) is 2. The number of aliphatic hydroxyl groups is 1. The van der Waals surface area contributed by atoms with Crippen LogP contribution >= 0.6 is 11.6 Å². The number of amides is 2. The molecule has 4 rings (SSSR count). The number of rotatable bonds is 9. The standard InChI is InChI=1S/C27H24ClNO5/c28-20-5-3-4-19(16-20)18-11-8-17(9-12-18)10-13-24(30)23(27(33)34)14-15-29-25(31)21-6-1-2-7-22(21)26(29)32/h1-9,11-12,16,23-24,30H,10,13-15H2,(H,33,34). The number of aliphatic hydroxyl groups excluding tert-OH is 1. The average Bonchev–Trinajstić information content (AvgIpc) is 3.08. The number of aliphatic carboxylic acids is 1. The lowest BCUT2D eigenvalue weighted by Crippen LogP contribution is -2.36. The van der Waals surface area contributed by atoms with E-state index in [4.69, 9.17) is 11.6 Å². The van der Waals surface area contributed by atoms with E-state index in [-0.39, 0.29) is 19.4 Å². The van der Waals surface area contributed by atoms with E-state index in [0.29, 0.717) is 22.6 Å². The Balaban J connectivity index is 1.35. The highest BCUT2D eigenvalue weighted by atomic mass is 35.5. The van der Waals surface area contributed by atoms with Crippen LogP contribution in [0.5, 0.6) is 0 Å². The molecule has 2 unspecified atom stereocenters. The third-order valence-corrected chi connectivity index (χ3v) is 6.40. The third-order valence-electron chi connectivity index (χ3n) is 6.16. The molecule has 3 aromatic rings. The molecule has 0 aliphatic carbocycles. The second-order valence-electron chi connectivity index (χ2n) is 8.35. The van der Waals surface area contributed by atoms with Crippen molar-refractivity contribution in [2.45, 2.75) is 25.4 Å². The molecule has 0 saturated heterocycles. The molecule has 1 aliphatic heterocycles. The highest BCUT2D eigenvalue weighted by molar-refractivity contribution is 6.30. The number of hydrogen-bond acceptors (Lipinski definition) is 4. The number of carbonyl (C=O) groups excluding carboxylic acids is 2. The monoisotopic (exact) mass is 477 g/mol. The lowest BCUT2D eigenvalue weighted by atomic mass is 9.93. The zero-order chi connectivity index (χ0) is 24.2. The quantitative estimate of drug-likeness (QED) is 0.436. The van der Waals surface area contributed by atoms with E-state index in [1.54, 1.807) is 24.3 Å². The van der Waals surface area contributed by atoms with Crippen molar-refractivity contribution in [2.75, 3.05) is 6.54 Å². The molecule has 174 valence electrons. The normalized spacial score (nSPS) is 14.7. The largest absolute Gasteiger partial charge is 0.481 e. The van der Waals surface area contributed by atoms with E-state index in [9.17, 15) is 24.6 Å². The molecule has 2 atom stereocenters. The molecular formula is C27H24ClNO5. The molecule has 0 aromatic heterocycles. The molecule has 0 fully saturated rings. The van der Waals surface area contributed by atoms with Crippen molar-refractivity contribution in [2.24, 2.45) is 5.92 Å². The zero-order valence-corrected chi connectivity index (χ0v) is 19.1. The maximum atomic E-state index is 12.5. The zero-order valence-electron chi connectivity index (χ0n) is 18.4. The highest BCUT2D eigenvalue weighted by Gasteiger charge is 2.36. The van der Waals surface area contributed by atoms with Gasteiger partial charge in [0.05, 0.1) is 23.1 Å². The average molecular weight is 478 g/mol. The van der Waals surface area contributed by atoms with Crippen molar-refractivity contribution in [1.29, 1.82) is 0 Å². The van der Waals surface area contributed by atoms with Gasteiger partial charge in [0.15, 0.2) is 0 Å². The van der Waals surface area contributed by atoms with Crippen LogP contribution in [0, 0.1) is 5.92 Å². The second-order valence-corrected chi connectivity index (χ2v) is 8.79. The Morgan fingerprint density at radius 2 is 1.50 bits per heavy atom. The van der Waals surface area contributed by atoms with Gasteiger partial charge in [-0.3, -0.25) is 19.3 Å². The summed E-state index contributed by atoms with van der Waals surface area (Å²) >= 11 is 6.06. The molecule has 0 radical (unpaired) electrons. The van der Waals surface area contributed by atoms with Crippen LogP contribution in [0.2, 0.25) is 5.02 Å². The van der Waals surface area contributed by atoms with Gasteiger partial charge < -0.3 is 10.2 Å². The number of carboxylic acids is 1. The minimum absolute atomic E-state index is 0.0182. The first kappa shape index (κ1) is 23.7. The van der Waals surface area contributed by atoms with Crippen LogP contribution in [0.4, 0.5) is 0 Å². The summed E-state index contributed by atoms with van der Waals surface area (Å²) in [6.45, 7) is -0.0608. The summed E-state index contributed by atoms with van der Waals surface area (Å²) in [6.07, 6.45) is -0.390. The van der Waals surface area contributed by atoms with Gasteiger partial charge in [-0.05, 0) is 60.2 Å². The Morgan fingerprint density at radius 3 is 2.09 bits per heavy atom. The fraction of sp³-hybridized carbons (Fsp3) is 0.222. The molecule has 1 aliphatic rings. The molecular weight excluding hydrogens is 454 g/mol. The van der Waals surface area contributed by atoms with Crippen molar-refractivity contribution >= 4 is 29.4 Å². The van der Waals surface area contributed by atoms with Gasteiger partial charge >= 0.3 is 5.97 Å². The van der Waals surface area contributed by atoms with Gasteiger partial charge in [-0.25, -0.2) is 0 Å². The lowest BCUT2D eigenvalue weighted by molar-refractivity contribution is -0.146. The second kappa shape index (κ2) is 10.2. The maximum Gasteiger partial charge on any atom is 0.309 e. The number of nitrogens with zero attached hydrogens (tertiary/aromatic N) is 1. The first-order valence-electron chi connectivity index (χ1n) is 11.1. The first-order chi connectivity index (χ1) is 16.3. The topological polar surface area (TPSA) is 94.9 Å². The summed E-state index contributed by atoms with van der Waals surface area (Å²) in [5.74, 6) is -3.10. The lowest BCUT2D eigenvalue weighted by Gasteiger charge is -2.22. The summed E-state index contributed by atoms with van der Waals surface area (Å²) in [6, 6.07) is 21.9. The molecule has 0 saturated carbocycles. The predicted molar refractivity (Wildman–Crippen MR) is 129 cm³/mol. The molecule has 0 spiro atoms. The predicted octanol–water partition coefficient (Wildman–Crippen LogP) is 4.69. The summed E-state index contributed by atoms with van der Waals surface area (Å²) in [7, 11) is 0. The van der Waals surface area contributed by atoms with Crippen LogP contribution < -0.4 is 0 Å². The molecule has 0 bridgehead atoms. The van der Waals surface area contributed by atoms with Crippen molar-refractivity contribution in [3.05, 3.63) is 94.5 Å². The molecule has 34 heavy (non-hydrogen) atoms. The first-order valence-corrected chi connectivity index (χ1v) is 11.4. The van der Waals surface area contributed by atoms with Crippen LogP contribution in [0.3, 0.4) is 0 Å². The van der Waals surface area contributed by atoms with Gasteiger partial charge in [-0.2, -0.15) is 0 Å². The van der Waals surface area contributed by atoms with Crippen LogP contribution in [-0.4, -0.2) is 45.5 Å². The number of imide groups is 1. The minimum Gasteiger partial charge on any atom is -0.481 e. The van der Waals surface area contributed by atoms with Crippen molar-refractivity contribution in [1.82, 2.24) is 4.90 Å². The van der Waals surface area contributed by atoms with E-state index in [1.165, 1.54) is 0 Å². The van der Waals surface area contributed by atoms with Crippen LogP contribution in [0.1, 0.15) is 39.1 Å². The molecule has 1 heterocycles. The van der Waals surface area contributed by atoms with E-state index in [1.807, 2.05) is 48.5 Å². The van der Waals surface area contributed by atoms with E-state index >= 15 is 0 Å². The highest BCUT2D eigenvalue weighted by Crippen LogP contribution is 2.26.